The fourth-order valence-electron chi connectivity index (χ4n) is 2.12. The highest BCUT2D eigenvalue weighted by Gasteiger charge is 2.13. The number of nitrogens with zero attached hydrogens (tertiary/aromatic N) is 1. The molecule has 2 aromatic carbocycles. The number of halogens is 1. The first-order valence-electron chi connectivity index (χ1n) is 8.55. The molecule has 0 aliphatic heterocycles. The van der Waals surface area contributed by atoms with Crippen LogP contribution in [-0.4, -0.2) is 27.3 Å². The van der Waals surface area contributed by atoms with Crippen LogP contribution < -0.4 is 14.3 Å². The van der Waals surface area contributed by atoms with Crippen molar-refractivity contribution in [2.75, 3.05) is 6.61 Å². The van der Waals surface area contributed by atoms with Crippen molar-refractivity contribution in [3.63, 3.8) is 0 Å². The summed E-state index contributed by atoms with van der Waals surface area (Å²) in [5.74, 6) is 1.35. The highest BCUT2D eigenvalue weighted by atomic mass is 79.9. The number of hydrogen-bond acceptors (Lipinski definition) is 5. The number of benzene rings is 2. The van der Waals surface area contributed by atoms with E-state index in [0.717, 1.165) is 22.2 Å². The van der Waals surface area contributed by atoms with Gasteiger partial charge in [-0.25, -0.2) is 4.83 Å². The third-order valence-electron chi connectivity index (χ3n) is 3.31. The van der Waals surface area contributed by atoms with Crippen molar-refractivity contribution in [3.8, 4) is 11.5 Å². The topological polar surface area (TPSA) is 77.0 Å². The Morgan fingerprint density at radius 1 is 1.19 bits per heavy atom. The maximum absolute atomic E-state index is 12.3. The summed E-state index contributed by atoms with van der Waals surface area (Å²) in [7, 11) is -3.75. The van der Waals surface area contributed by atoms with E-state index in [0.29, 0.717) is 12.4 Å². The first-order chi connectivity index (χ1) is 12.8. The summed E-state index contributed by atoms with van der Waals surface area (Å²) in [6.07, 6.45) is 2.37. The van der Waals surface area contributed by atoms with Crippen molar-refractivity contribution < 1.29 is 17.9 Å². The normalized spacial score (nSPS) is 11.7. The van der Waals surface area contributed by atoms with Crippen molar-refractivity contribution in [2.45, 2.75) is 38.2 Å². The van der Waals surface area contributed by atoms with Crippen molar-refractivity contribution in [2.24, 2.45) is 5.10 Å². The Hall–Kier alpha value is -2.06. The molecule has 0 aliphatic carbocycles. The molecule has 0 fully saturated rings. The summed E-state index contributed by atoms with van der Waals surface area (Å²) in [5, 5.41) is 3.84. The third-order valence-corrected chi connectivity index (χ3v) is 5.17. The van der Waals surface area contributed by atoms with E-state index in [4.69, 9.17) is 9.47 Å². The molecule has 0 bridgehead atoms. The minimum absolute atomic E-state index is 0.0215. The fraction of sp³-hybridized carbons (Fsp3) is 0.316. The molecule has 2 rings (SSSR count). The number of hydrazone groups is 1. The van der Waals surface area contributed by atoms with Crippen molar-refractivity contribution in [1.29, 1.82) is 0 Å². The monoisotopic (exact) mass is 454 g/mol. The predicted octanol–water partition coefficient (Wildman–Crippen LogP) is 4.34. The van der Waals surface area contributed by atoms with Gasteiger partial charge in [-0.2, -0.15) is 13.5 Å². The molecule has 0 amide bonds. The smallest absolute Gasteiger partial charge is 0.276 e. The molecule has 0 atom stereocenters. The summed E-state index contributed by atoms with van der Waals surface area (Å²) >= 11 is 3.43. The van der Waals surface area contributed by atoms with Crippen molar-refractivity contribution in [3.05, 3.63) is 52.5 Å². The minimum atomic E-state index is -3.75. The Labute approximate surface area is 168 Å². The molecular weight excluding hydrogens is 432 g/mol. The van der Waals surface area contributed by atoms with Crippen LogP contribution in [0, 0.1) is 0 Å². The van der Waals surface area contributed by atoms with Crippen LogP contribution in [-0.2, 0) is 10.0 Å². The molecule has 1 N–H and O–H groups in total. The Balaban J connectivity index is 2.02. The molecule has 0 heterocycles. The van der Waals surface area contributed by atoms with Crippen LogP contribution in [0.4, 0.5) is 0 Å². The molecule has 0 saturated carbocycles. The molecule has 0 saturated heterocycles. The van der Waals surface area contributed by atoms with Crippen molar-refractivity contribution >= 4 is 32.2 Å². The van der Waals surface area contributed by atoms with Crippen LogP contribution in [0.1, 0.15) is 32.8 Å². The Morgan fingerprint density at radius 2 is 1.89 bits per heavy atom. The predicted molar refractivity (Wildman–Crippen MR) is 110 cm³/mol. The van der Waals surface area contributed by atoms with E-state index < -0.39 is 10.0 Å². The zero-order chi connectivity index (χ0) is 19.9. The van der Waals surface area contributed by atoms with Crippen LogP contribution in [0.2, 0.25) is 0 Å². The molecule has 2 aromatic rings. The number of nitrogens with one attached hydrogen (secondary N) is 1. The SMILES string of the molecule is CCCOc1ccc(/C=N/NS(=O)(=O)c2ccc(OC(C)C)cc2)cc1Br. The zero-order valence-electron chi connectivity index (χ0n) is 15.5. The van der Waals surface area contributed by atoms with Gasteiger partial charge in [0.2, 0.25) is 0 Å². The second-order valence-electron chi connectivity index (χ2n) is 6.03. The van der Waals surface area contributed by atoms with E-state index in [9.17, 15) is 8.42 Å². The molecule has 0 unspecified atom stereocenters. The Bertz CT molecular complexity index is 881. The van der Waals surface area contributed by atoms with Gasteiger partial charge in [0.05, 0.1) is 28.3 Å². The van der Waals surface area contributed by atoms with Gasteiger partial charge in [0.15, 0.2) is 0 Å². The second kappa shape index (κ2) is 9.75. The summed E-state index contributed by atoms with van der Waals surface area (Å²) in [4.78, 5) is 2.32. The average molecular weight is 455 g/mol. The average Bonchev–Trinajstić information content (AvgIpc) is 2.61. The van der Waals surface area contributed by atoms with E-state index >= 15 is 0 Å². The first kappa shape index (κ1) is 21.2. The lowest BCUT2D eigenvalue weighted by molar-refractivity contribution is 0.242. The fourth-order valence-corrected chi connectivity index (χ4v) is 3.42. The molecule has 146 valence electrons. The minimum Gasteiger partial charge on any atom is -0.492 e. The molecule has 0 aliphatic rings. The third kappa shape index (κ3) is 6.55. The van der Waals surface area contributed by atoms with Gasteiger partial charge in [0.25, 0.3) is 10.0 Å². The lowest BCUT2D eigenvalue weighted by atomic mass is 10.2. The van der Waals surface area contributed by atoms with Gasteiger partial charge in [-0.15, -0.1) is 0 Å². The molecular formula is C19H23BrN2O4S. The first-order valence-corrected chi connectivity index (χ1v) is 10.8. The van der Waals surface area contributed by atoms with Gasteiger partial charge in [0.1, 0.15) is 11.5 Å². The van der Waals surface area contributed by atoms with Gasteiger partial charge < -0.3 is 9.47 Å². The van der Waals surface area contributed by atoms with Crippen LogP contribution in [0.15, 0.2) is 56.9 Å². The number of ether oxygens (including phenoxy) is 2. The van der Waals surface area contributed by atoms with Crippen LogP contribution in [0.3, 0.4) is 0 Å². The van der Waals surface area contributed by atoms with Crippen LogP contribution in [0.25, 0.3) is 0 Å². The van der Waals surface area contributed by atoms with Gasteiger partial charge in [-0.05, 0) is 84.2 Å². The zero-order valence-corrected chi connectivity index (χ0v) is 17.9. The molecule has 0 radical (unpaired) electrons. The summed E-state index contributed by atoms with van der Waals surface area (Å²) in [5.41, 5.74) is 0.731. The highest BCUT2D eigenvalue weighted by molar-refractivity contribution is 9.10. The summed E-state index contributed by atoms with van der Waals surface area (Å²) in [6.45, 7) is 6.47. The standard InChI is InChI=1S/C19H23BrN2O4S/c1-4-11-25-19-10-5-15(12-18(19)20)13-21-22-27(23,24)17-8-6-16(7-9-17)26-14(2)3/h5-10,12-14,22H,4,11H2,1-3H3/b21-13+. The largest absolute Gasteiger partial charge is 0.492 e. The molecule has 8 heteroatoms. The van der Waals surface area contributed by atoms with Crippen LogP contribution in [0.5, 0.6) is 11.5 Å². The summed E-state index contributed by atoms with van der Waals surface area (Å²) in [6, 6.07) is 11.6. The van der Waals surface area contributed by atoms with Crippen molar-refractivity contribution in [1.82, 2.24) is 4.83 Å². The highest BCUT2D eigenvalue weighted by Crippen LogP contribution is 2.25. The molecule has 0 spiro atoms. The van der Waals surface area contributed by atoms with E-state index in [2.05, 4.69) is 25.9 Å². The Morgan fingerprint density at radius 3 is 2.48 bits per heavy atom. The van der Waals surface area contributed by atoms with Gasteiger partial charge in [0, 0.05) is 0 Å². The quantitative estimate of drug-likeness (QED) is 0.451. The van der Waals surface area contributed by atoms with E-state index in [1.54, 1.807) is 24.3 Å². The van der Waals surface area contributed by atoms with Gasteiger partial charge in [-0.3, -0.25) is 0 Å². The van der Waals surface area contributed by atoms with E-state index in [1.807, 2.05) is 26.8 Å². The number of sulfonamides is 1. The maximum atomic E-state index is 12.3. The molecule has 6 nitrogen and oxygen atoms in total. The molecule has 27 heavy (non-hydrogen) atoms. The van der Waals surface area contributed by atoms with Crippen LogP contribution >= 0.6 is 15.9 Å². The van der Waals surface area contributed by atoms with Gasteiger partial charge in [-0.1, -0.05) is 6.92 Å². The summed E-state index contributed by atoms with van der Waals surface area (Å²) < 4.78 is 36.5. The number of hydrogen-bond donors (Lipinski definition) is 1. The van der Waals surface area contributed by atoms with E-state index in [-0.39, 0.29) is 11.0 Å². The van der Waals surface area contributed by atoms with E-state index in [1.165, 1.54) is 18.3 Å². The molecule has 0 aromatic heterocycles. The number of rotatable bonds is 9. The maximum Gasteiger partial charge on any atom is 0.276 e. The second-order valence-corrected chi connectivity index (χ2v) is 8.54. The lowest BCUT2D eigenvalue weighted by Crippen LogP contribution is -2.18. The lowest BCUT2D eigenvalue weighted by Gasteiger charge is -2.10. The van der Waals surface area contributed by atoms with Gasteiger partial charge >= 0.3 is 0 Å². The Kier molecular flexibility index (Phi) is 7.67.